The Bertz CT molecular complexity index is 690. The van der Waals surface area contributed by atoms with Crippen molar-refractivity contribution in [2.24, 2.45) is 10.9 Å². The minimum atomic E-state index is -0.0918. The molecule has 7 heteroatoms. The van der Waals surface area contributed by atoms with Crippen LogP contribution < -0.4 is 15.2 Å². The topological polar surface area (TPSA) is 77.1 Å². The molecular formula is C14H12Cl2N2O3. The highest BCUT2D eigenvalue weighted by Crippen LogP contribution is 2.36. The van der Waals surface area contributed by atoms with Gasteiger partial charge in [-0.25, -0.2) is 0 Å². The van der Waals surface area contributed by atoms with E-state index in [4.69, 9.17) is 43.6 Å². The molecule has 0 aromatic heterocycles. The van der Waals surface area contributed by atoms with E-state index in [2.05, 4.69) is 5.16 Å². The number of rotatable bonds is 4. The normalized spacial score (nSPS) is 11.3. The largest absolute Gasteiger partial charge is 0.497 e. The van der Waals surface area contributed by atoms with Gasteiger partial charge in [-0.2, -0.15) is 0 Å². The van der Waals surface area contributed by atoms with Gasteiger partial charge in [0.2, 0.25) is 0 Å². The van der Waals surface area contributed by atoms with Gasteiger partial charge >= 0.3 is 0 Å². The maximum Gasteiger partial charge on any atom is 0.173 e. The first-order valence-corrected chi connectivity index (χ1v) is 6.60. The number of hydrogen-bond donors (Lipinski definition) is 2. The van der Waals surface area contributed by atoms with Crippen molar-refractivity contribution in [1.82, 2.24) is 0 Å². The number of amidine groups is 1. The molecule has 0 aliphatic heterocycles. The molecule has 2 aromatic carbocycles. The molecule has 21 heavy (non-hydrogen) atoms. The molecular weight excluding hydrogens is 315 g/mol. The third-order valence-electron chi connectivity index (χ3n) is 2.71. The zero-order valence-corrected chi connectivity index (χ0v) is 12.5. The van der Waals surface area contributed by atoms with Gasteiger partial charge in [0.1, 0.15) is 22.3 Å². The van der Waals surface area contributed by atoms with Gasteiger partial charge < -0.3 is 20.4 Å². The van der Waals surface area contributed by atoms with E-state index in [-0.39, 0.29) is 10.9 Å². The molecule has 0 bridgehead atoms. The Morgan fingerprint density at radius 2 is 1.95 bits per heavy atom. The third kappa shape index (κ3) is 3.32. The highest BCUT2D eigenvalue weighted by molar-refractivity contribution is 6.42. The first-order valence-electron chi connectivity index (χ1n) is 5.84. The van der Waals surface area contributed by atoms with Crippen LogP contribution in [-0.2, 0) is 0 Å². The summed E-state index contributed by atoms with van der Waals surface area (Å²) in [7, 11) is 1.52. The number of oxime groups is 1. The highest BCUT2D eigenvalue weighted by atomic mass is 35.5. The van der Waals surface area contributed by atoms with Gasteiger partial charge in [-0.3, -0.25) is 0 Å². The first-order chi connectivity index (χ1) is 10.1. The molecule has 3 N–H and O–H groups in total. The van der Waals surface area contributed by atoms with E-state index in [0.717, 1.165) is 0 Å². The van der Waals surface area contributed by atoms with Crippen LogP contribution >= 0.6 is 23.2 Å². The molecule has 0 saturated heterocycles. The number of ether oxygens (including phenoxy) is 2. The second-order valence-corrected chi connectivity index (χ2v) is 4.79. The van der Waals surface area contributed by atoms with Crippen molar-refractivity contribution in [3.8, 4) is 17.2 Å². The third-order valence-corrected chi connectivity index (χ3v) is 3.51. The lowest BCUT2D eigenvalue weighted by atomic mass is 10.1. The summed E-state index contributed by atoms with van der Waals surface area (Å²) in [6.45, 7) is 0. The molecule has 0 amide bonds. The van der Waals surface area contributed by atoms with Gasteiger partial charge in [0, 0.05) is 6.07 Å². The fourth-order valence-electron chi connectivity index (χ4n) is 1.66. The average molecular weight is 327 g/mol. The molecule has 110 valence electrons. The summed E-state index contributed by atoms with van der Waals surface area (Å²) in [6.07, 6.45) is 0. The Hall–Kier alpha value is -2.11. The van der Waals surface area contributed by atoms with Crippen molar-refractivity contribution < 1.29 is 14.7 Å². The van der Waals surface area contributed by atoms with Gasteiger partial charge in [-0.05, 0) is 24.3 Å². The standard InChI is InChI=1S/C14H12Cl2N2O3/c1-20-8-5-6-9(14(17)18-19)12(7-8)21-11-4-2-3-10(15)13(11)16/h2-7,19H,1H3,(H2,17,18). The predicted molar refractivity (Wildman–Crippen MR) is 82.0 cm³/mol. The number of nitrogens with two attached hydrogens (primary N) is 1. The minimum absolute atomic E-state index is 0.0918. The number of nitrogens with zero attached hydrogens (tertiary/aromatic N) is 1. The van der Waals surface area contributed by atoms with Crippen molar-refractivity contribution in [2.75, 3.05) is 7.11 Å². The summed E-state index contributed by atoms with van der Waals surface area (Å²) in [4.78, 5) is 0. The maximum atomic E-state index is 8.83. The van der Waals surface area contributed by atoms with Crippen molar-refractivity contribution in [3.05, 3.63) is 52.0 Å². The van der Waals surface area contributed by atoms with Crippen LogP contribution in [0.3, 0.4) is 0 Å². The molecule has 5 nitrogen and oxygen atoms in total. The quantitative estimate of drug-likeness (QED) is 0.386. The molecule has 0 aliphatic rings. The molecule has 0 heterocycles. The second-order valence-electron chi connectivity index (χ2n) is 4.00. The van der Waals surface area contributed by atoms with Crippen LogP contribution in [0.25, 0.3) is 0 Å². The summed E-state index contributed by atoms with van der Waals surface area (Å²) >= 11 is 12.0. The van der Waals surface area contributed by atoms with Crippen LogP contribution in [0.15, 0.2) is 41.6 Å². The van der Waals surface area contributed by atoms with Gasteiger partial charge in [-0.15, -0.1) is 0 Å². The van der Waals surface area contributed by atoms with Crippen molar-refractivity contribution in [3.63, 3.8) is 0 Å². The van der Waals surface area contributed by atoms with E-state index in [0.29, 0.717) is 27.8 Å². The van der Waals surface area contributed by atoms with E-state index < -0.39 is 0 Å². The monoisotopic (exact) mass is 326 g/mol. The molecule has 0 unspecified atom stereocenters. The number of benzene rings is 2. The SMILES string of the molecule is COc1ccc(/C(N)=N/O)c(Oc2cccc(Cl)c2Cl)c1. The highest BCUT2D eigenvalue weighted by Gasteiger charge is 2.13. The minimum Gasteiger partial charge on any atom is -0.497 e. The van der Waals surface area contributed by atoms with E-state index in [1.165, 1.54) is 7.11 Å². The Morgan fingerprint density at radius 1 is 1.19 bits per heavy atom. The smallest absolute Gasteiger partial charge is 0.173 e. The van der Waals surface area contributed by atoms with Crippen molar-refractivity contribution >= 4 is 29.0 Å². The van der Waals surface area contributed by atoms with E-state index >= 15 is 0 Å². The maximum absolute atomic E-state index is 8.83. The van der Waals surface area contributed by atoms with Gasteiger partial charge in [0.05, 0.1) is 17.7 Å². The predicted octanol–water partition coefficient (Wildman–Crippen LogP) is 3.89. The second kappa shape index (κ2) is 6.56. The molecule has 0 saturated carbocycles. The fourth-order valence-corrected chi connectivity index (χ4v) is 1.99. The average Bonchev–Trinajstić information content (AvgIpc) is 2.51. The van der Waals surface area contributed by atoms with E-state index in [9.17, 15) is 0 Å². The molecule has 0 fully saturated rings. The zero-order chi connectivity index (χ0) is 15.4. The van der Waals surface area contributed by atoms with Crippen LogP contribution in [0.4, 0.5) is 0 Å². The Morgan fingerprint density at radius 3 is 2.62 bits per heavy atom. The molecule has 2 aromatic rings. The van der Waals surface area contributed by atoms with Gasteiger partial charge in [-0.1, -0.05) is 34.4 Å². The molecule has 0 spiro atoms. The number of halogens is 2. The number of hydrogen-bond acceptors (Lipinski definition) is 4. The van der Waals surface area contributed by atoms with Crippen molar-refractivity contribution in [1.29, 1.82) is 0 Å². The molecule has 0 aliphatic carbocycles. The number of methoxy groups -OCH3 is 1. The summed E-state index contributed by atoms with van der Waals surface area (Å²) in [5.74, 6) is 1.14. The zero-order valence-electron chi connectivity index (χ0n) is 11.0. The summed E-state index contributed by atoms with van der Waals surface area (Å²) in [6, 6.07) is 9.88. The lowest BCUT2D eigenvalue weighted by Gasteiger charge is -2.13. The first kappa shape index (κ1) is 15.3. The molecule has 0 radical (unpaired) electrons. The van der Waals surface area contributed by atoms with Crippen molar-refractivity contribution in [2.45, 2.75) is 0 Å². The van der Waals surface area contributed by atoms with E-state index in [1.54, 1.807) is 36.4 Å². The Kier molecular flexibility index (Phi) is 4.77. The van der Waals surface area contributed by atoms with Crippen LogP contribution in [0, 0.1) is 0 Å². The lowest BCUT2D eigenvalue weighted by Crippen LogP contribution is -2.14. The fraction of sp³-hybridized carbons (Fsp3) is 0.0714. The van der Waals surface area contributed by atoms with Crippen LogP contribution in [0.5, 0.6) is 17.2 Å². The van der Waals surface area contributed by atoms with Crippen LogP contribution in [0.1, 0.15) is 5.56 Å². The molecule has 2 rings (SSSR count). The molecule has 0 atom stereocenters. The lowest BCUT2D eigenvalue weighted by molar-refractivity contribution is 0.318. The van der Waals surface area contributed by atoms with Gasteiger partial charge in [0.25, 0.3) is 0 Å². The van der Waals surface area contributed by atoms with Crippen LogP contribution in [-0.4, -0.2) is 18.2 Å². The Balaban J connectivity index is 2.48. The summed E-state index contributed by atoms with van der Waals surface area (Å²) in [5, 5.41) is 12.4. The van der Waals surface area contributed by atoms with Gasteiger partial charge in [0.15, 0.2) is 5.84 Å². The van der Waals surface area contributed by atoms with Crippen LogP contribution in [0.2, 0.25) is 10.0 Å². The van der Waals surface area contributed by atoms with E-state index in [1.807, 2.05) is 0 Å². The summed E-state index contributed by atoms with van der Waals surface area (Å²) in [5.41, 5.74) is 6.03. The Labute approximate surface area is 131 Å². The summed E-state index contributed by atoms with van der Waals surface area (Å²) < 4.78 is 10.9.